The SMILES string of the molecule is Cc1nc2c(c(C)c1CCC(=O)NCCN1CCNCC1)c(=O)[nH]n2C.Cl.Cl. The second-order valence-electron chi connectivity index (χ2n) is 6.94. The molecular weight excluding hydrogens is 403 g/mol. The summed E-state index contributed by atoms with van der Waals surface area (Å²) in [6, 6.07) is 0. The molecule has 0 bridgehead atoms. The van der Waals surface area contributed by atoms with Crippen LogP contribution in [0.2, 0.25) is 0 Å². The van der Waals surface area contributed by atoms with Crippen molar-refractivity contribution in [3.8, 4) is 0 Å². The van der Waals surface area contributed by atoms with Crippen LogP contribution < -0.4 is 16.2 Å². The zero-order chi connectivity index (χ0) is 18.7. The Morgan fingerprint density at radius 3 is 2.57 bits per heavy atom. The molecule has 0 unspecified atom stereocenters. The minimum absolute atomic E-state index is 0. The highest BCUT2D eigenvalue weighted by atomic mass is 35.5. The van der Waals surface area contributed by atoms with E-state index >= 15 is 0 Å². The number of aryl methyl sites for hydroxylation is 3. The fourth-order valence-electron chi connectivity index (χ4n) is 3.63. The summed E-state index contributed by atoms with van der Waals surface area (Å²) >= 11 is 0. The smallest absolute Gasteiger partial charge is 0.273 e. The van der Waals surface area contributed by atoms with E-state index in [1.165, 1.54) is 0 Å². The van der Waals surface area contributed by atoms with Crippen LogP contribution in [0.3, 0.4) is 0 Å². The Kier molecular flexibility index (Phi) is 9.43. The molecule has 1 amide bonds. The summed E-state index contributed by atoms with van der Waals surface area (Å²) in [5.41, 5.74) is 3.32. The summed E-state index contributed by atoms with van der Waals surface area (Å²) in [7, 11) is 1.78. The maximum atomic E-state index is 12.2. The lowest BCUT2D eigenvalue weighted by atomic mass is 10.0. The lowest BCUT2D eigenvalue weighted by Crippen LogP contribution is -2.46. The van der Waals surface area contributed by atoms with Gasteiger partial charge in [0.05, 0.1) is 5.39 Å². The van der Waals surface area contributed by atoms with Crippen LogP contribution in [0.1, 0.15) is 23.2 Å². The van der Waals surface area contributed by atoms with Crippen molar-refractivity contribution in [2.75, 3.05) is 39.3 Å². The first-order valence-electron chi connectivity index (χ1n) is 9.22. The van der Waals surface area contributed by atoms with E-state index < -0.39 is 0 Å². The van der Waals surface area contributed by atoms with E-state index in [0.29, 0.717) is 30.4 Å². The number of hydrogen-bond donors (Lipinski definition) is 3. The van der Waals surface area contributed by atoms with Crippen LogP contribution in [0.5, 0.6) is 0 Å². The first-order valence-corrected chi connectivity index (χ1v) is 9.22. The Morgan fingerprint density at radius 1 is 1.21 bits per heavy atom. The molecule has 1 fully saturated rings. The zero-order valence-corrected chi connectivity index (χ0v) is 18.3. The number of halogens is 2. The summed E-state index contributed by atoms with van der Waals surface area (Å²) in [5, 5.41) is 9.68. The number of amides is 1. The molecule has 8 nitrogen and oxygen atoms in total. The summed E-state index contributed by atoms with van der Waals surface area (Å²) in [4.78, 5) is 31.2. The number of H-pyrrole nitrogens is 1. The zero-order valence-electron chi connectivity index (χ0n) is 16.6. The van der Waals surface area contributed by atoms with Gasteiger partial charge >= 0.3 is 0 Å². The van der Waals surface area contributed by atoms with Crippen molar-refractivity contribution in [1.82, 2.24) is 30.3 Å². The number of rotatable bonds is 6. The van der Waals surface area contributed by atoms with Gasteiger partial charge in [-0.3, -0.25) is 24.3 Å². The molecule has 0 atom stereocenters. The average Bonchev–Trinajstić information content (AvgIpc) is 2.89. The molecule has 2 aromatic heterocycles. The number of piperazine rings is 1. The molecule has 28 heavy (non-hydrogen) atoms. The largest absolute Gasteiger partial charge is 0.355 e. The molecule has 3 heterocycles. The molecule has 2 aromatic rings. The third kappa shape index (κ3) is 5.47. The van der Waals surface area contributed by atoms with E-state index in [1.54, 1.807) is 11.7 Å². The first-order chi connectivity index (χ1) is 12.5. The van der Waals surface area contributed by atoms with Crippen LogP contribution in [0.4, 0.5) is 0 Å². The van der Waals surface area contributed by atoms with Crippen LogP contribution in [0.25, 0.3) is 11.0 Å². The van der Waals surface area contributed by atoms with Crippen LogP contribution >= 0.6 is 24.8 Å². The molecule has 10 heteroatoms. The maximum Gasteiger partial charge on any atom is 0.273 e. The second kappa shape index (κ2) is 10.8. The molecule has 0 radical (unpaired) electrons. The molecule has 0 spiro atoms. The molecule has 0 saturated carbocycles. The fraction of sp³-hybridized carbons (Fsp3) is 0.611. The highest BCUT2D eigenvalue weighted by Gasteiger charge is 2.16. The lowest BCUT2D eigenvalue weighted by molar-refractivity contribution is -0.121. The highest BCUT2D eigenvalue weighted by molar-refractivity contribution is 5.85. The molecule has 1 saturated heterocycles. The molecule has 0 aromatic carbocycles. The fourth-order valence-corrected chi connectivity index (χ4v) is 3.63. The normalized spacial score (nSPS) is 14.4. The number of pyridine rings is 1. The van der Waals surface area contributed by atoms with Crippen LogP contribution in [0.15, 0.2) is 4.79 Å². The number of carbonyl (C=O) groups is 1. The average molecular weight is 433 g/mol. The second-order valence-corrected chi connectivity index (χ2v) is 6.94. The van der Waals surface area contributed by atoms with Crippen molar-refractivity contribution in [3.05, 3.63) is 27.2 Å². The number of nitrogens with one attached hydrogen (secondary N) is 3. The lowest BCUT2D eigenvalue weighted by Gasteiger charge is -2.27. The van der Waals surface area contributed by atoms with Crippen LogP contribution in [-0.4, -0.2) is 64.8 Å². The van der Waals surface area contributed by atoms with Crippen molar-refractivity contribution in [3.63, 3.8) is 0 Å². The molecule has 3 rings (SSSR count). The quantitative estimate of drug-likeness (QED) is 0.623. The number of hydrogen-bond acceptors (Lipinski definition) is 5. The van der Waals surface area contributed by atoms with Gasteiger partial charge in [-0.15, -0.1) is 24.8 Å². The predicted molar refractivity (Wildman–Crippen MR) is 116 cm³/mol. The van der Waals surface area contributed by atoms with Gasteiger partial charge in [-0.1, -0.05) is 0 Å². The minimum Gasteiger partial charge on any atom is -0.355 e. The first kappa shape index (κ1) is 24.4. The maximum absolute atomic E-state index is 12.2. The van der Waals surface area contributed by atoms with Gasteiger partial charge < -0.3 is 10.6 Å². The molecule has 0 aliphatic carbocycles. The van der Waals surface area contributed by atoms with Gasteiger partial charge in [0.1, 0.15) is 0 Å². The Balaban J connectivity index is 0.00000196. The van der Waals surface area contributed by atoms with Crippen molar-refractivity contribution >= 4 is 41.8 Å². The topological polar surface area (TPSA) is 95.1 Å². The van der Waals surface area contributed by atoms with Crippen molar-refractivity contribution in [2.24, 2.45) is 7.05 Å². The van der Waals surface area contributed by atoms with Crippen molar-refractivity contribution in [1.29, 1.82) is 0 Å². The van der Waals surface area contributed by atoms with Gasteiger partial charge in [0.2, 0.25) is 5.91 Å². The van der Waals surface area contributed by atoms with E-state index in [9.17, 15) is 9.59 Å². The third-order valence-corrected chi connectivity index (χ3v) is 5.14. The van der Waals surface area contributed by atoms with E-state index in [1.807, 2.05) is 13.8 Å². The van der Waals surface area contributed by atoms with E-state index in [-0.39, 0.29) is 36.3 Å². The van der Waals surface area contributed by atoms with Gasteiger partial charge in [0, 0.05) is 58.4 Å². The third-order valence-electron chi connectivity index (χ3n) is 5.14. The number of nitrogens with zero attached hydrogens (tertiary/aromatic N) is 3. The molecule has 3 N–H and O–H groups in total. The van der Waals surface area contributed by atoms with Crippen LogP contribution in [0, 0.1) is 13.8 Å². The summed E-state index contributed by atoms with van der Waals surface area (Å²) in [6.07, 6.45) is 0.996. The number of aromatic amines is 1. The minimum atomic E-state index is -0.130. The Bertz CT molecular complexity index is 858. The van der Waals surface area contributed by atoms with Crippen molar-refractivity contribution in [2.45, 2.75) is 26.7 Å². The van der Waals surface area contributed by atoms with Crippen molar-refractivity contribution < 1.29 is 4.79 Å². The van der Waals surface area contributed by atoms with E-state index in [4.69, 9.17) is 0 Å². The van der Waals surface area contributed by atoms with E-state index in [0.717, 1.165) is 49.5 Å². The Labute approximate surface area is 177 Å². The standard InChI is InChI=1S/C18H28N6O2.2ClH/c1-12-14(13(2)21-17-16(12)18(26)22-23(17)3)4-5-15(25)20-8-11-24-9-6-19-7-10-24;;/h19H,4-11H2,1-3H3,(H,20,25)(H,22,26);2*1H. The predicted octanol–water partition coefficient (Wildman–Crippen LogP) is 0.676. The summed E-state index contributed by atoms with van der Waals surface area (Å²) < 4.78 is 1.64. The summed E-state index contributed by atoms with van der Waals surface area (Å²) in [5.74, 6) is 0.0426. The number of carbonyl (C=O) groups excluding carboxylic acids is 1. The highest BCUT2D eigenvalue weighted by Crippen LogP contribution is 2.20. The van der Waals surface area contributed by atoms with Gasteiger partial charge in [0.25, 0.3) is 5.56 Å². The monoisotopic (exact) mass is 432 g/mol. The Hall–Kier alpha value is -1.61. The van der Waals surface area contributed by atoms with Gasteiger partial charge in [0.15, 0.2) is 5.65 Å². The number of fused-ring (bicyclic) bond motifs is 1. The van der Waals surface area contributed by atoms with Gasteiger partial charge in [-0.25, -0.2) is 4.98 Å². The van der Waals surface area contributed by atoms with Gasteiger partial charge in [-0.2, -0.15) is 0 Å². The Morgan fingerprint density at radius 2 is 1.89 bits per heavy atom. The molecule has 1 aliphatic heterocycles. The van der Waals surface area contributed by atoms with E-state index in [2.05, 4.69) is 25.6 Å². The summed E-state index contributed by atoms with van der Waals surface area (Å²) in [6.45, 7) is 9.52. The number of aromatic nitrogens is 3. The van der Waals surface area contributed by atoms with Gasteiger partial charge in [-0.05, 0) is 31.4 Å². The molecule has 158 valence electrons. The molecular formula is C18H30Cl2N6O2. The van der Waals surface area contributed by atoms with Crippen LogP contribution in [-0.2, 0) is 18.3 Å². The molecule has 1 aliphatic rings.